The van der Waals surface area contributed by atoms with E-state index in [0.29, 0.717) is 18.1 Å². The molecular formula is C13H18O. The van der Waals surface area contributed by atoms with E-state index in [4.69, 9.17) is 4.74 Å². The van der Waals surface area contributed by atoms with E-state index < -0.39 is 0 Å². The van der Waals surface area contributed by atoms with Gasteiger partial charge in [0.05, 0.1) is 12.2 Å². The van der Waals surface area contributed by atoms with Gasteiger partial charge in [0.25, 0.3) is 0 Å². The van der Waals surface area contributed by atoms with E-state index in [-0.39, 0.29) is 0 Å². The molecule has 3 atom stereocenters. The third-order valence-corrected chi connectivity index (χ3v) is 3.12. The molecule has 3 unspecified atom stereocenters. The molecule has 1 nitrogen and oxygen atoms in total. The minimum Gasteiger partial charge on any atom is -0.370 e. The van der Waals surface area contributed by atoms with Crippen LogP contribution in [-0.4, -0.2) is 12.2 Å². The van der Waals surface area contributed by atoms with Gasteiger partial charge < -0.3 is 4.74 Å². The molecule has 0 N–H and O–H groups in total. The van der Waals surface area contributed by atoms with Crippen LogP contribution in [0.1, 0.15) is 38.2 Å². The van der Waals surface area contributed by atoms with Gasteiger partial charge in [-0.3, -0.25) is 0 Å². The molecule has 0 amide bonds. The molecule has 1 fully saturated rings. The van der Waals surface area contributed by atoms with Gasteiger partial charge in [-0.05, 0) is 31.2 Å². The van der Waals surface area contributed by atoms with Gasteiger partial charge in [-0.1, -0.05) is 37.3 Å². The third-order valence-electron chi connectivity index (χ3n) is 3.12. The average Bonchev–Trinajstić information content (AvgIpc) is 2.92. The number of epoxide rings is 1. The van der Waals surface area contributed by atoms with Crippen LogP contribution < -0.4 is 0 Å². The quantitative estimate of drug-likeness (QED) is 0.663. The molecule has 1 aromatic carbocycles. The standard InChI is InChI=1S/C13H18O/c1-3-11(9-13-10(2)14-13)12-7-5-4-6-8-12/h4-8,10-11,13H,3,9H2,1-2H3. The number of rotatable bonds is 4. The molecule has 1 aliphatic rings. The highest BCUT2D eigenvalue weighted by atomic mass is 16.6. The van der Waals surface area contributed by atoms with Gasteiger partial charge in [-0.2, -0.15) is 0 Å². The normalized spacial score (nSPS) is 27.3. The molecule has 14 heavy (non-hydrogen) atoms. The molecule has 0 aromatic heterocycles. The van der Waals surface area contributed by atoms with Crippen molar-refractivity contribution < 1.29 is 4.74 Å². The lowest BCUT2D eigenvalue weighted by Crippen LogP contribution is -2.02. The van der Waals surface area contributed by atoms with E-state index in [1.165, 1.54) is 18.4 Å². The van der Waals surface area contributed by atoms with Crippen molar-refractivity contribution >= 4 is 0 Å². The zero-order chi connectivity index (χ0) is 9.97. The van der Waals surface area contributed by atoms with Crippen LogP contribution in [-0.2, 0) is 4.74 Å². The van der Waals surface area contributed by atoms with Crippen LogP contribution in [0.3, 0.4) is 0 Å². The van der Waals surface area contributed by atoms with Crippen molar-refractivity contribution in [1.29, 1.82) is 0 Å². The summed E-state index contributed by atoms with van der Waals surface area (Å²) in [7, 11) is 0. The van der Waals surface area contributed by atoms with Crippen LogP contribution in [0.15, 0.2) is 30.3 Å². The minimum absolute atomic E-state index is 0.493. The number of ether oxygens (including phenoxy) is 1. The molecule has 0 radical (unpaired) electrons. The van der Waals surface area contributed by atoms with Crippen molar-refractivity contribution in [3.8, 4) is 0 Å². The van der Waals surface area contributed by atoms with Gasteiger partial charge in [0.15, 0.2) is 0 Å². The van der Waals surface area contributed by atoms with Crippen LogP contribution in [0.25, 0.3) is 0 Å². The SMILES string of the molecule is CCC(CC1OC1C)c1ccccc1. The van der Waals surface area contributed by atoms with E-state index >= 15 is 0 Å². The molecule has 0 bridgehead atoms. The van der Waals surface area contributed by atoms with E-state index in [2.05, 4.69) is 44.2 Å². The highest BCUT2D eigenvalue weighted by molar-refractivity contribution is 5.19. The topological polar surface area (TPSA) is 12.5 Å². The number of benzene rings is 1. The van der Waals surface area contributed by atoms with Gasteiger partial charge in [0.1, 0.15) is 0 Å². The number of hydrogen-bond acceptors (Lipinski definition) is 1. The first-order valence-electron chi connectivity index (χ1n) is 5.51. The van der Waals surface area contributed by atoms with Crippen molar-refractivity contribution in [2.24, 2.45) is 0 Å². The maximum absolute atomic E-state index is 5.47. The van der Waals surface area contributed by atoms with Gasteiger partial charge in [0.2, 0.25) is 0 Å². The summed E-state index contributed by atoms with van der Waals surface area (Å²) in [4.78, 5) is 0. The fraction of sp³-hybridized carbons (Fsp3) is 0.538. The Morgan fingerprint density at radius 2 is 1.93 bits per heavy atom. The maximum atomic E-state index is 5.47. The van der Waals surface area contributed by atoms with E-state index in [0.717, 1.165) is 0 Å². The molecule has 1 heterocycles. The van der Waals surface area contributed by atoms with Crippen molar-refractivity contribution in [1.82, 2.24) is 0 Å². The second-order valence-corrected chi connectivity index (χ2v) is 4.13. The zero-order valence-corrected chi connectivity index (χ0v) is 8.94. The Bertz CT molecular complexity index is 281. The van der Waals surface area contributed by atoms with Crippen molar-refractivity contribution in [3.63, 3.8) is 0 Å². The minimum atomic E-state index is 0.493. The Balaban J connectivity index is 1.99. The highest BCUT2D eigenvalue weighted by Crippen LogP contribution is 2.34. The summed E-state index contributed by atoms with van der Waals surface area (Å²) >= 11 is 0. The molecule has 1 aromatic rings. The highest BCUT2D eigenvalue weighted by Gasteiger charge is 2.35. The first-order chi connectivity index (χ1) is 6.81. The average molecular weight is 190 g/mol. The summed E-state index contributed by atoms with van der Waals surface area (Å²) in [6.45, 7) is 4.41. The Hall–Kier alpha value is -0.820. The maximum Gasteiger partial charge on any atom is 0.0844 e. The summed E-state index contributed by atoms with van der Waals surface area (Å²) in [6, 6.07) is 10.8. The smallest absolute Gasteiger partial charge is 0.0844 e. The summed E-state index contributed by atoms with van der Waals surface area (Å²) in [6.07, 6.45) is 3.39. The Morgan fingerprint density at radius 3 is 2.43 bits per heavy atom. The van der Waals surface area contributed by atoms with Crippen LogP contribution in [0.4, 0.5) is 0 Å². The molecule has 0 spiro atoms. The number of hydrogen-bond donors (Lipinski definition) is 0. The van der Waals surface area contributed by atoms with Gasteiger partial charge in [-0.25, -0.2) is 0 Å². The molecule has 0 aliphatic carbocycles. The van der Waals surface area contributed by atoms with Crippen LogP contribution in [0.2, 0.25) is 0 Å². The summed E-state index contributed by atoms with van der Waals surface area (Å²) in [5.41, 5.74) is 1.46. The fourth-order valence-corrected chi connectivity index (χ4v) is 2.02. The van der Waals surface area contributed by atoms with Crippen molar-refractivity contribution in [2.75, 3.05) is 0 Å². The summed E-state index contributed by atoms with van der Waals surface area (Å²) in [5, 5.41) is 0. The predicted molar refractivity (Wildman–Crippen MR) is 58.4 cm³/mol. The van der Waals surface area contributed by atoms with Gasteiger partial charge >= 0.3 is 0 Å². The summed E-state index contributed by atoms with van der Waals surface area (Å²) in [5.74, 6) is 0.672. The molecule has 0 saturated carbocycles. The van der Waals surface area contributed by atoms with Crippen molar-refractivity contribution in [3.05, 3.63) is 35.9 Å². The molecule has 2 rings (SSSR count). The third kappa shape index (κ3) is 2.16. The summed E-state index contributed by atoms with van der Waals surface area (Å²) < 4.78 is 5.47. The first-order valence-corrected chi connectivity index (χ1v) is 5.51. The second kappa shape index (κ2) is 4.14. The lowest BCUT2D eigenvalue weighted by atomic mass is 9.91. The van der Waals surface area contributed by atoms with E-state index in [9.17, 15) is 0 Å². The van der Waals surface area contributed by atoms with Crippen LogP contribution >= 0.6 is 0 Å². The largest absolute Gasteiger partial charge is 0.370 e. The fourth-order valence-electron chi connectivity index (χ4n) is 2.02. The van der Waals surface area contributed by atoms with Crippen LogP contribution in [0.5, 0.6) is 0 Å². The zero-order valence-electron chi connectivity index (χ0n) is 8.94. The molecule has 1 saturated heterocycles. The Kier molecular flexibility index (Phi) is 2.87. The van der Waals surface area contributed by atoms with Gasteiger partial charge in [0, 0.05) is 0 Å². The molecule has 76 valence electrons. The van der Waals surface area contributed by atoms with E-state index in [1.807, 2.05) is 0 Å². The van der Waals surface area contributed by atoms with Crippen molar-refractivity contribution in [2.45, 2.75) is 44.8 Å². The molecule has 1 heteroatoms. The molecular weight excluding hydrogens is 172 g/mol. The first kappa shape index (κ1) is 9.72. The lowest BCUT2D eigenvalue weighted by molar-refractivity contribution is 0.357. The Morgan fingerprint density at radius 1 is 1.29 bits per heavy atom. The van der Waals surface area contributed by atoms with E-state index in [1.54, 1.807) is 0 Å². The monoisotopic (exact) mass is 190 g/mol. The second-order valence-electron chi connectivity index (χ2n) is 4.13. The van der Waals surface area contributed by atoms with Gasteiger partial charge in [-0.15, -0.1) is 0 Å². The Labute approximate surface area is 86.1 Å². The predicted octanol–water partition coefficient (Wildman–Crippen LogP) is 3.36. The molecule has 1 aliphatic heterocycles. The van der Waals surface area contributed by atoms with Crippen LogP contribution in [0, 0.1) is 0 Å². The lowest BCUT2D eigenvalue weighted by Gasteiger charge is -2.13.